The van der Waals surface area contributed by atoms with Gasteiger partial charge in [-0.05, 0) is 29.8 Å². The van der Waals surface area contributed by atoms with Crippen molar-refractivity contribution in [3.8, 4) is 5.82 Å². The van der Waals surface area contributed by atoms with Crippen LogP contribution in [0.2, 0.25) is 0 Å². The van der Waals surface area contributed by atoms with Crippen LogP contribution in [0.5, 0.6) is 0 Å². The van der Waals surface area contributed by atoms with E-state index in [1.165, 1.54) is 6.33 Å². The largest absolute Gasteiger partial charge is 0.351 e. The van der Waals surface area contributed by atoms with Crippen molar-refractivity contribution in [2.45, 2.75) is 6.54 Å². The molecule has 1 amide bonds. The molecular formula is C21H20N8O3S. The molecule has 0 saturated heterocycles. The minimum atomic E-state index is -3.12. The Labute approximate surface area is 189 Å². The summed E-state index contributed by atoms with van der Waals surface area (Å²) in [6.45, 7) is 0.355. The number of nitrogens with zero attached hydrogens (tertiary/aromatic N) is 7. The highest BCUT2D eigenvalue weighted by Gasteiger charge is 2.11. The van der Waals surface area contributed by atoms with Crippen molar-refractivity contribution in [1.29, 1.82) is 0 Å². The van der Waals surface area contributed by atoms with Crippen molar-refractivity contribution in [1.82, 2.24) is 30.0 Å². The Morgan fingerprint density at radius 2 is 1.91 bits per heavy atom. The molecule has 0 unspecified atom stereocenters. The molecule has 0 bridgehead atoms. The number of fused-ring (bicyclic) bond motifs is 1. The lowest BCUT2D eigenvalue weighted by molar-refractivity contribution is 0.0956. The molecule has 168 valence electrons. The lowest BCUT2D eigenvalue weighted by Gasteiger charge is -2.05. The van der Waals surface area contributed by atoms with Crippen LogP contribution in [-0.4, -0.2) is 57.6 Å². The minimum absolute atomic E-state index is 0.0674. The number of azo groups is 1. The van der Waals surface area contributed by atoms with Gasteiger partial charge in [0, 0.05) is 24.6 Å². The maximum Gasteiger partial charge on any atom is 0.251 e. The summed E-state index contributed by atoms with van der Waals surface area (Å²) in [6.07, 6.45) is 5.82. The van der Waals surface area contributed by atoms with Gasteiger partial charge in [-0.2, -0.15) is 14.9 Å². The first-order chi connectivity index (χ1) is 15.9. The van der Waals surface area contributed by atoms with E-state index in [1.54, 1.807) is 41.3 Å². The molecule has 33 heavy (non-hydrogen) atoms. The number of hydrogen-bond acceptors (Lipinski definition) is 9. The number of carbonyl (C=O) groups is 1. The Morgan fingerprint density at radius 1 is 1.09 bits per heavy atom. The number of benzene rings is 1. The summed E-state index contributed by atoms with van der Waals surface area (Å²) in [5.41, 5.74) is 1.86. The first-order valence-electron chi connectivity index (χ1n) is 9.93. The standard InChI is InChI=1S/C21H20N8O3S/c1-33(31,32)11-10-23-21(30)16-7-5-15(6-8-16)12-26-28-19-17-13-27-29(20(17)25-14-24-19)18-4-2-3-9-22-18/h2-9,13-14H,10-12H2,1H3,(H,23,30). The van der Waals surface area contributed by atoms with E-state index in [4.69, 9.17) is 0 Å². The van der Waals surface area contributed by atoms with Crippen molar-refractivity contribution in [3.63, 3.8) is 0 Å². The topological polar surface area (TPSA) is 144 Å². The molecule has 0 spiro atoms. The quantitative estimate of drug-likeness (QED) is 0.394. The van der Waals surface area contributed by atoms with Crippen LogP contribution in [-0.2, 0) is 16.4 Å². The molecule has 0 atom stereocenters. The van der Waals surface area contributed by atoms with Gasteiger partial charge in [-0.1, -0.05) is 18.2 Å². The van der Waals surface area contributed by atoms with E-state index in [0.29, 0.717) is 28.2 Å². The number of carbonyl (C=O) groups excluding carboxylic acids is 1. The van der Waals surface area contributed by atoms with E-state index in [0.717, 1.165) is 11.8 Å². The molecule has 0 fully saturated rings. The predicted octanol–water partition coefficient (Wildman–Crippen LogP) is 2.27. The third kappa shape index (κ3) is 5.60. The number of amides is 1. The maximum atomic E-state index is 12.1. The number of rotatable bonds is 8. The zero-order valence-electron chi connectivity index (χ0n) is 17.7. The maximum absolute atomic E-state index is 12.1. The average Bonchev–Trinajstić information content (AvgIpc) is 3.24. The first kappa shape index (κ1) is 22.1. The number of nitrogens with one attached hydrogen (secondary N) is 1. The van der Waals surface area contributed by atoms with E-state index in [-0.39, 0.29) is 24.7 Å². The van der Waals surface area contributed by atoms with Gasteiger partial charge in [-0.15, -0.1) is 5.11 Å². The Bertz CT molecular complexity index is 1400. The fourth-order valence-corrected chi connectivity index (χ4v) is 3.43. The highest BCUT2D eigenvalue weighted by molar-refractivity contribution is 7.90. The van der Waals surface area contributed by atoms with Crippen molar-refractivity contribution >= 4 is 32.6 Å². The smallest absolute Gasteiger partial charge is 0.251 e. The lowest BCUT2D eigenvalue weighted by Crippen LogP contribution is -2.28. The lowest BCUT2D eigenvalue weighted by atomic mass is 10.1. The molecule has 4 aromatic rings. The Kier molecular flexibility index (Phi) is 6.45. The summed E-state index contributed by atoms with van der Waals surface area (Å²) >= 11 is 0. The number of pyridine rings is 1. The second kappa shape index (κ2) is 9.61. The van der Waals surface area contributed by atoms with Gasteiger partial charge < -0.3 is 5.32 Å². The molecular weight excluding hydrogens is 444 g/mol. The first-order valence-corrected chi connectivity index (χ1v) is 12.0. The monoisotopic (exact) mass is 464 g/mol. The fourth-order valence-electron chi connectivity index (χ4n) is 2.96. The molecule has 3 aromatic heterocycles. The molecule has 1 N–H and O–H groups in total. The van der Waals surface area contributed by atoms with Crippen LogP contribution in [0.25, 0.3) is 16.9 Å². The van der Waals surface area contributed by atoms with Gasteiger partial charge >= 0.3 is 0 Å². The normalized spacial score (nSPS) is 11.8. The molecule has 1 aromatic carbocycles. The molecule has 12 heteroatoms. The van der Waals surface area contributed by atoms with Gasteiger partial charge in [-0.3, -0.25) is 4.79 Å². The number of hydrogen-bond donors (Lipinski definition) is 1. The molecule has 11 nitrogen and oxygen atoms in total. The molecule has 0 radical (unpaired) electrons. The summed E-state index contributed by atoms with van der Waals surface area (Å²) in [5, 5.41) is 16.0. The van der Waals surface area contributed by atoms with Gasteiger partial charge in [0.1, 0.15) is 16.2 Å². The van der Waals surface area contributed by atoms with Crippen LogP contribution >= 0.6 is 0 Å². The van der Waals surface area contributed by atoms with E-state index in [1.807, 2.05) is 18.2 Å². The molecule has 0 aliphatic rings. The van der Waals surface area contributed by atoms with Gasteiger partial charge in [-0.25, -0.2) is 23.4 Å². The second-order valence-electron chi connectivity index (χ2n) is 7.16. The van der Waals surface area contributed by atoms with Gasteiger partial charge in [0.15, 0.2) is 17.3 Å². The highest BCUT2D eigenvalue weighted by atomic mass is 32.2. The van der Waals surface area contributed by atoms with Gasteiger partial charge in [0.05, 0.1) is 23.9 Å². The Hall–Kier alpha value is -4.06. The molecule has 0 saturated carbocycles. The Balaban J connectivity index is 1.41. The zero-order valence-corrected chi connectivity index (χ0v) is 18.5. The van der Waals surface area contributed by atoms with Gasteiger partial charge in [0.25, 0.3) is 5.91 Å². The zero-order chi connectivity index (χ0) is 23.3. The van der Waals surface area contributed by atoms with Crippen LogP contribution in [0.15, 0.2) is 71.4 Å². The van der Waals surface area contributed by atoms with Crippen LogP contribution in [0.4, 0.5) is 5.82 Å². The van der Waals surface area contributed by atoms with Gasteiger partial charge in [0.2, 0.25) is 0 Å². The number of sulfone groups is 1. The van der Waals surface area contributed by atoms with E-state index in [2.05, 4.69) is 35.6 Å². The summed E-state index contributed by atoms with van der Waals surface area (Å²) < 4.78 is 23.9. The molecule has 4 rings (SSSR count). The summed E-state index contributed by atoms with van der Waals surface area (Å²) in [5.74, 6) is 0.590. The predicted molar refractivity (Wildman–Crippen MR) is 121 cm³/mol. The third-order valence-electron chi connectivity index (χ3n) is 4.60. The van der Waals surface area contributed by atoms with E-state index >= 15 is 0 Å². The van der Waals surface area contributed by atoms with Crippen molar-refractivity contribution in [2.75, 3.05) is 18.6 Å². The summed E-state index contributed by atoms with van der Waals surface area (Å²) in [7, 11) is -3.12. The van der Waals surface area contributed by atoms with E-state index in [9.17, 15) is 13.2 Å². The van der Waals surface area contributed by atoms with Crippen molar-refractivity contribution < 1.29 is 13.2 Å². The fraction of sp³-hybridized carbons (Fsp3) is 0.190. The average molecular weight is 465 g/mol. The van der Waals surface area contributed by atoms with Crippen LogP contribution in [0, 0.1) is 0 Å². The summed E-state index contributed by atoms with van der Waals surface area (Å²) in [4.78, 5) is 24.8. The summed E-state index contributed by atoms with van der Waals surface area (Å²) in [6, 6.07) is 12.3. The molecule has 0 aliphatic carbocycles. The molecule has 0 aliphatic heterocycles. The third-order valence-corrected chi connectivity index (χ3v) is 5.55. The van der Waals surface area contributed by atoms with E-state index < -0.39 is 9.84 Å². The molecule has 3 heterocycles. The second-order valence-corrected chi connectivity index (χ2v) is 9.42. The van der Waals surface area contributed by atoms with Crippen molar-refractivity contribution in [2.24, 2.45) is 10.2 Å². The van der Waals surface area contributed by atoms with Crippen molar-refractivity contribution in [3.05, 3.63) is 72.3 Å². The van der Waals surface area contributed by atoms with Crippen LogP contribution < -0.4 is 5.32 Å². The van der Waals surface area contributed by atoms with Crippen LogP contribution in [0.3, 0.4) is 0 Å². The minimum Gasteiger partial charge on any atom is -0.351 e. The number of aromatic nitrogens is 5. The Morgan fingerprint density at radius 3 is 2.64 bits per heavy atom. The van der Waals surface area contributed by atoms with Crippen LogP contribution in [0.1, 0.15) is 15.9 Å². The highest BCUT2D eigenvalue weighted by Crippen LogP contribution is 2.23. The SMILES string of the molecule is CS(=O)(=O)CCNC(=O)c1ccc(CN=Nc2ncnc3c2cnn3-c2ccccn2)cc1.